The number of carbonyl (C=O) groups is 1. The highest BCUT2D eigenvalue weighted by molar-refractivity contribution is 7.11. The highest BCUT2D eigenvalue weighted by Crippen LogP contribution is 2.23. The van der Waals surface area contributed by atoms with E-state index in [4.69, 9.17) is 9.84 Å². The maximum atomic E-state index is 10.6. The number of benzene rings is 1. The third kappa shape index (κ3) is 4.86. The summed E-state index contributed by atoms with van der Waals surface area (Å²) in [6, 6.07) is 7.58. The molecule has 2 aromatic rings. The molecule has 0 fully saturated rings. The molecule has 0 bridgehead atoms. The van der Waals surface area contributed by atoms with Crippen LogP contribution in [-0.2, 0) is 17.8 Å². The molecule has 1 heterocycles. The lowest BCUT2D eigenvalue weighted by Crippen LogP contribution is -1.98. The van der Waals surface area contributed by atoms with Crippen molar-refractivity contribution in [2.75, 3.05) is 0 Å². The zero-order valence-electron chi connectivity index (χ0n) is 12.2. The van der Waals surface area contributed by atoms with Crippen LogP contribution in [0.3, 0.4) is 0 Å². The fraction of sp³-hybridized carbons (Fsp3) is 0.375. The topological polar surface area (TPSA) is 59.4 Å². The second-order valence-electron chi connectivity index (χ2n) is 5.15. The minimum absolute atomic E-state index is 0.135. The summed E-state index contributed by atoms with van der Waals surface area (Å²) in [6.45, 7) is 4.73. The lowest BCUT2D eigenvalue weighted by atomic mass is 10.1. The van der Waals surface area contributed by atoms with Crippen LogP contribution < -0.4 is 4.74 Å². The fourth-order valence-corrected chi connectivity index (χ4v) is 2.69. The maximum Gasteiger partial charge on any atom is 0.303 e. The molecule has 2 rings (SSSR count). The molecule has 0 saturated heterocycles. The fourth-order valence-electron chi connectivity index (χ4n) is 1.85. The third-order valence-corrected chi connectivity index (χ3v) is 4.24. The van der Waals surface area contributed by atoms with Crippen LogP contribution in [0.1, 0.15) is 41.6 Å². The Kier molecular flexibility index (Phi) is 5.33. The first-order chi connectivity index (χ1) is 10.0. The quantitative estimate of drug-likeness (QED) is 0.843. The SMILES string of the molecule is CC(C)c1ncc(COc2cccc(CCC(=O)O)c2)s1. The van der Waals surface area contributed by atoms with Crippen LogP contribution in [0.5, 0.6) is 5.75 Å². The Morgan fingerprint density at radius 2 is 2.24 bits per heavy atom. The van der Waals surface area contributed by atoms with Crippen LogP contribution in [0.2, 0.25) is 0 Å². The molecule has 0 aliphatic carbocycles. The van der Waals surface area contributed by atoms with Crippen LogP contribution in [0.25, 0.3) is 0 Å². The van der Waals surface area contributed by atoms with E-state index < -0.39 is 5.97 Å². The molecule has 0 amide bonds. The van der Waals surface area contributed by atoms with Crippen molar-refractivity contribution in [2.45, 2.75) is 39.2 Å². The van der Waals surface area contributed by atoms with Gasteiger partial charge in [0.2, 0.25) is 0 Å². The maximum absolute atomic E-state index is 10.6. The van der Waals surface area contributed by atoms with Crippen molar-refractivity contribution in [3.63, 3.8) is 0 Å². The largest absolute Gasteiger partial charge is 0.488 e. The van der Waals surface area contributed by atoms with E-state index in [2.05, 4.69) is 18.8 Å². The molecule has 0 saturated carbocycles. The van der Waals surface area contributed by atoms with Crippen molar-refractivity contribution in [2.24, 2.45) is 0 Å². The van der Waals surface area contributed by atoms with E-state index in [-0.39, 0.29) is 6.42 Å². The predicted octanol–water partition coefficient (Wildman–Crippen LogP) is 3.86. The molecule has 0 atom stereocenters. The number of aliphatic carboxylic acids is 1. The Bertz CT molecular complexity index is 607. The van der Waals surface area contributed by atoms with Gasteiger partial charge in [0.05, 0.1) is 9.88 Å². The molecule has 0 unspecified atom stereocenters. The van der Waals surface area contributed by atoms with Gasteiger partial charge >= 0.3 is 5.97 Å². The van der Waals surface area contributed by atoms with Gasteiger partial charge in [-0.3, -0.25) is 4.79 Å². The molecule has 21 heavy (non-hydrogen) atoms. The summed E-state index contributed by atoms with van der Waals surface area (Å²) in [7, 11) is 0. The summed E-state index contributed by atoms with van der Waals surface area (Å²) in [4.78, 5) is 16.0. The molecule has 0 spiro atoms. The number of carboxylic acids is 1. The van der Waals surface area contributed by atoms with Gasteiger partial charge in [0, 0.05) is 18.5 Å². The summed E-state index contributed by atoms with van der Waals surface area (Å²) >= 11 is 1.66. The highest BCUT2D eigenvalue weighted by Gasteiger charge is 2.07. The molecule has 112 valence electrons. The molecule has 0 aliphatic heterocycles. The molecule has 0 aliphatic rings. The average Bonchev–Trinajstić information content (AvgIpc) is 2.92. The first kappa shape index (κ1) is 15.5. The predicted molar refractivity (Wildman–Crippen MR) is 82.9 cm³/mol. The number of ether oxygens (including phenoxy) is 1. The average molecular weight is 305 g/mol. The van der Waals surface area contributed by atoms with E-state index in [1.165, 1.54) is 0 Å². The zero-order chi connectivity index (χ0) is 15.2. The normalized spacial score (nSPS) is 10.8. The zero-order valence-corrected chi connectivity index (χ0v) is 13.0. The number of aromatic nitrogens is 1. The minimum atomic E-state index is -0.785. The molecule has 4 nitrogen and oxygen atoms in total. The Morgan fingerprint density at radius 3 is 2.90 bits per heavy atom. The van der Waals surface area contributed by atoms with Gasteiger partial charge in [-0.05, 0) is 24.1 Å². The van der Waals surface area contributed by atoms with E-state index in [0.717, 1.165) is 21.2 Å². The number of aryl methyl sites for hydroxylation is 1. The summed E-state index contributed by atoms with van der Waals surface area (Å²) in [5, 5.41) is 9.82. The van der Waals surface area contributed by atoms with Crippen molar-refractivity contribution in [3.05, 3.63) is 45.9 Å². The molecule has 1 N–H and O–H groups in total. The van der Waals surface area contributed by atoms with E-state index in [1.54, 1.807) is 11.3 Å². The molecule has 1 aromatic carbocycles. The van der Waals surface area contributed by atoms with Gasteiger partial charge in [0.1, 0.15) is 12.4 Å². The highest BCUT2D eigenvalue weighted by atomic mass is 32.1. The number of thiazole rings is 1. The van der Waals surface area contributed by atoms with Crippen LogP contribution in [0.15, 0.2) is 30.5 Å². The molecule has 0 radical (unpaired) electrons. The monoisotopic (exact) mass is 305 g/mol. The summed E-state index contributed by atoms with van der Waals surface area (Å²) in [5.41, 5.74) is 0.974. The van der Waals surface area contributed by atoms with Gasteiger partial charge < -0.3 is 9.84 Å². The molecular formula is C16H19NO3S. The number of rotatable bonds is 7. The van der Waals surface area contributed by atoms with Crippen molar-refractivity contribution in [1.29, 1.82) is 0 Å². The van der Waals surface area contributed by atoms with E-state index >= 15 is 0 Å². The lowest BCUT2D eigenvalue weighted by molar-refractivity contribution is -0.136. The van der Waals surface area contributed by atoms with Gasteiger partial charge in [0.25, 0.3) is 0 Å². The number of hydrogen-bond donors (Lipinski definition) is 1. The number of nitrogens with zero attached hydrogens (tertiary/aromatic N) is 1. The second-order valence-corrected chi connectivity index (χ2v) is 6.30. The van der Waals surface area contributed by atoms with Gasteiger partial charge in [-0.15, -0.1) is 11.3 Å². The summed E-state index contributed by atoms with van der Waals surface area (Å²) in [6.07, 6.45) is 2.51. The van der Waals surface area contributed by atoms with Crippen molar-refractivity contribution < 1.29 is 14.6 Å². The molecule has 1 aromatic heterocycles. The molecule has 5 heteroatoms. The van der Waals surface area contributed by atoms with Crippen LogP contribution >= 0.6 is 11.3 Å². The van der Waals surface area contributed by atoms with Gasteiger partial charge in [-0.2, -0.15) is 0 Å². The Labute approximate surface area is 128 Å². The van der Waals surface area contributed by atoms with E-state index in [9.17, 15) is 4.79 Å². The first-order valence-electron chi connectivity index (χ1n) is 6.92. The standard InChI is InChI=1S/C16H19NO3S/c1-11(2)16-17-9-14(21-16)10-20-13-5-3-4-12(8-13)6-7-15(18)19/h3-5,8-9,11H,6-7,10H2,1-2H3,(H,18,19). The number of hydrogen-bond acceptors (Lipinski definition) is 4. The van der Waals surface area contributed by atoms with Crippen LogP contribution in [0, 0.1) is 0 Å². The Balaban J connectivity index is 1.93. The number of carboxylic acid groups (broad SMARTS) is 1. The second kappa shape index (κ2) is 7.22. The van der Waals surface area contributed by atoms with Crippen LogP contribution in [-0.4, -0.2) is 16.1 Å². The Hall–Kier alpha value is -1.88. The third-order valence-electron chi connectivity index (χ3n) is 2.97. The first-order valence-corrected chi connectivity index (χ1v) is 7.74. The van der Waals surface area contributed by atoms with Crippen molar-refractivity contribution in [3.8, 4) is 5.75 Å². The smallest absolute Gasteiger partial charge is 0.303 e. The Morgan fingerprint density at radius 1 is 1.43 bits per heavy atom. The summed E-state index contributed by atoms with van der Waals surface area (Å²) in [5.74, 6) is 0.410. The van der Waals surface area contributed by atoms with Gasteiger partial charge in [-0.1, -0.05) is 26.0 Å². The van der Waals surface area contributed by atoms with Crippen LogP contribution in [0.4, 0.5) is 0 Å². The van der Waals surface area contributed by atoms with Crippen molar-refractivity contribution >= 4 is 17.3 Å². The molecular weight excluding hydrogens is 286 g/mol. The van der Waals surface area contributed by atoms with Gasteiger partial charge in [0.15, 0.2) is 0 Å². The van der Waals surface area contributed by atoms with E-state index in [0.29, 0.717) is 18.9 Å². The summed E-state index contributed by atoms with van der Waals surface area (Å²) < 4.78 is 5.76. The minimum Gasteiger partial charge on any atom is -0.488 e. The van der Waals surface area contributed by atoms with E-state index in [1.807, 2.05) is 30.5 Å². The van der Waals surface area contributed by atoms with Crippen molar-refractivity contribution in [1.82, 2.24) is 4.98 Å². The lowest BCUT2D eigenvalue weighted by Gasteiger charge is -2.06. The van der Waals surface area contributed by atoms with Gasteiger partial charge in [-0.25, -0.2) is 4.98 Å².